The number of aliphatic hydroxyl groups is 1. The van der Waals surface area contributed by atoms with Crippen LogP contribution >= 0.6 is 7.82 Å². The van der Waals surface area contributed by atoms with Crippen LogP contribution in [0.4, 0.5) is 0 Å². The Morgan fingerprint density at radius 2 is 1.71 bits per heavy atom. The quantitative estimate of drug-likeness (QED) is 0.197. The highest BCUT2D eigenvalue weighted by Crippen LogP contribution is 2.35. The summed E-state index contributed by atoms with van der Waals surface area (Å²) in [6.07, 6.45) is 4.68. The first-order valence-electron chi connectivity index (χ1n) is 6.82. The Morgan fingerprint density at radius 3 is 2.33 bits per heavy atom. The van der Waals surface area contributed by atoms with Gasteiger partial charge in [0.15, 0.2) is 0 Å². The number of ether oxygens (including phenoxy) is 1. The van der Waals surface area contributed by atoms with E-state index in [4.69, 9.17) is 14.5 Å². The van der Waals surface area contributed by atoms with Gasteiger partial charge in [-0.1, -0.05) is 19.3 Å². The summed E-state index contributed by atoms with van der Waals surface area (Å²) in [5, 5.41) is 9.28. The molecule has 0 heterocycles. The lowest BCUT2D eigenvalue weighted by molar-refractivity contribution is -0.147. The number of hydrogen-bond donors (Lipinski definition) is 3. The summed E-state index contributed by atoms with van der Waals surface area (Å²) in [5.74, 6) is -0.474. The van der Waals surface area contributed by atoms with Crippen LogP contribution < -0.4 is 0 Å². The summed E-state index contributed by atoms with van der Waals surface area (Å²) in [5.41, 5.74) is 0. The number of phosphoric acid groups is 1. The number of hydrogen-bond acceptors (Lipinski definition) is 6. The number of carbonyl (C=O) groups is 2. The van der Waals surface area contributed by atoms with Crippen molar-refractivity contribution in [1.82, 2.24) is 0 Å². The maximum atomic E-state index is 11.3. The average molecular weight is 326 g/mol. The molecule has 0 aliphatic heterocycles. The first kappa shape index (κ1) is 20.2. The standard InChI is InChI=1S/C12H23O8P/c13-8-6-4-2-1-3-5-7-12(15)19-9-11(14)10-20-21(16,17)18/h8,11,14H,1-7,9-10H2,(H2,16,17,18). The lowest BCUT2D eigenvalue weighted by Gasteiger charge is -2.12. The molecule has 9 heteroatoms. The molecule has 0 aromatic carbocycles. The summed E-state index contributed by atoms with van der Waals surface area (Å²) < 4.78 is 19.2. The second kappa shape index (κ2) is 11.8. The molecule has 8 nitrogen and oxygen atoms in total. The number of unbranched alkanes of at least 4 members (excludes halogenated alkanes) is 5. The third kappa shape index (κ3) is 15.4. The zero-order chi connectivity index (χ0) is 16.1. The molecule has 0 aromatic rings. The highest BCUT2D eigenvalue weighted by Gasteiger charge is 2.17. The minimum Gasteiger partial charge on any atom is -0.463 e. The van der Waals surface area contributed by atoms with Crippen LogP contribution in [0.25, 0.3) is 0 Å². The van der Waals surface area contributed by atoms with Gasteiger partial charge in [0, 0.05) is 12.8 Å². The predicted octanol–water partition coefficient (Wildman–Crippen LogP) is 0.929. The molecule has 0 fully saturated rings. The summed E-state index contributed by atoms with van der Waals surface area (Å²) in [7, 11) is -4.62. The highest BCUT2D eigenvalue weighted by atomic mass is 31.2. The zero-order valence-corrected chi connectivity index (χ0v) is 12.7. The van der Waals surface area contributed by atoms with Crippen molar-refractivity contribution in [2.75, 3.05) is 13.2 Å². The molecule has 124 valence electrons. The number of aldehydes is 1. The van der Waals surface area contributed by atoms with E-state index in [1.807, 2.05) is 0 Å². The fraction of sp³-hybridized carbons (Fsp3) is 0.833. The molecule has 1 unspecified atom stereocenters. The predicted molar refractivity (Wildman–Crippen MR) is 73.3 cm³/mol. The number of esters is 1. The topological polar surface area (TPSA) is 130 Å². The van der Waals surface area contributed by atoms with E-state index in [1.165, 1.54) is 0 Å². The van der Waals surface area contributed by atoms with Crippen LogP contribution in [0.1, 0.15) is 44.9 Å². The van der Waals surface area contributed by atoms with Gasteiger partial charge in [0.1, 0.15) is 19.0 Å². The third-order valence-corrected chi connectivity index (χ3v) is 3.06. The smallest absolute Gasteiger partial charge is 0.463 e. The molecule has 0 saturated heterocycles. The van der Waals surface area contributed by atoms with Crippen molar-refractivity contribution in [3.05, 3.63) is 0 Å². The van der Waals surface area contributed by atoms with Crippen molar-refractivity contribution in [2.24, 2.45) is 0 Å². The Labute approximate surface area is 123 Å². The van der Waals surface area contributed by atoms with Crippen LogP contribution in [0.5, 0.6) is 0 Å². The van der Waals surface area contributed by atoms with Gasteiger partial charge < -0.3 is 24.4 Å². The fourth-order valence-corrected chi connectivity index (χ4v) is 1.89. The van der Waals surface area contributed by atoms with E-state index in [1.54, 1.807) is 0 Å². The van der Waals surface area contributed by atoms with E-state index in [9.17, 15) is 19.3 Å². The van der Waals surface area contributed by atoms with E-state index in [0.717, 1.165) is 32.0 Å². The summed E-state index contributed by atoms with van der Waals surface area (Å²) in [6.45, 7) is -0.966. The van der Waals surface area contributed by atoms with E-state index in [0.29, 0.717) is 12.8 Å². The van der Waals surface area contributed by atoms with Crippen molar-refractivity contribution in [3.8, 4) is 0 Å². The van der Waals surface area contributed by atoms with Gasteiger partial charge in [-0.25, -0.2) is 4.57 Å². The van der Waals surface area contributed by atoms with Gasteiger partial charge in [0.2, 0.25) is 0 Å². The normalized spacial score (nSPS) is 12.9. The number of phosphoric ester groups is 1. The van der Waals surface area contributed by atoms with Crippen molar-refractivity contribution >= 4 is 20.1 Å². The molecule has 0 aliphatic rings. The molecule has 0 saturated carbocycles. The monoisotopic (exact) mass is 326 g/mol. The van der Waals surface area contributed by atoms with Gasteiger partial charge in [-0.15, -0.1) is 0 Å². The largest absolute Gasteiger partial charge is 0.469 e. The molecule has 21 heavy (non-hydrogen) atoms. The van der Waals surface area contributed by atoms with Crippen molar-refractivity contribution < 1.29 is 38.3 Å². The van der Waals surface area contributed by atoms with Gasteiger partial charge in [-0.3, -0.25) is 9.32 Å². The molecule has 0 rings (SSSR count). The van der Waals surface area contributed by atoms with Crippen LogP contribution in [0.2, 0.25) is 0 Å². The Morgan fingerprint density at radius 1 is 1.10 bits per heavy atom. The molecule has 3 N–H and O–H groups in total. The zero-order valence-electron chi connectivity index (χ0n) is 11.8. The van der Waals surface area contributed by atoms with Crippen LogP contribution in [0.15, 0.2) is 0 Å². The number of aliphatic hydroxyl groups excluding tert-OH is 1. The minimum atomic E-state index is -4.62. The Bertz CT molecular complexity index is 340. The van der Waals surface area contributed by atoms with Gasteiger partial charge in [0.25, 0.3) is 0 Å². The van der Waals surface area contributed by atoms with E-state index < -0.39 is 26.5 Å². The van der Waals surface area contributed by atoms with Gasteiger partial charge in [-0.05, 0) is 12.8 Å². The first-order chi connectivity index (χ1) is 9.85. The average Bonchev–Trinajstić information content (AvgIpc) is 2.41. The summed E-state index contributed by atoms with van der Waals surface area (Å²) in [4.78, 5) is 38.2. The van der Waals surface area contributed by atoms with Crippen molar-refractivity contribution in [1.29, 1.82) is 0 Å². The molecular formula is C12H23O8P. The lowest BCUT2D eigenvalue weighted by atomic mass is 10.1. The summed E-state index contributed by atoms with van der Waals surface area (Å²) >= 11 is 0. The lowest BCUT2D eigenvalue weighted by Crippen LogP contribution is -2.23. The summed E-state index contributed by atoms with van der Waals surface area (Å²) in [6, 6.07) is 0. The number of carbonyl (C=O) groups excluding carboxylic acids is 2. The van der Waals surface area contributed by atoms with Gasteiger partial charge >= 0.3 is 13.8 Å². The molecule has 0 aliphatic carbocycles. The van der Waals surface area contributed by atoms with Crippen molar-refractivity contribution in [2.45, 2.75) is 51.0 Å². The second-order valence-electron chi connectivity index (χ2n) is 4.60. The molecular weight excluding hydrogens is 303 g/mol. The van der Waals surface area contributed by atoms with Gasteiger partial charge in [-0.2, -0.15) is 0 Å². The SMILES string of the molecule is O=CCCCCCCCC(=O)OCC(O)COP(=O)(O)O. The molecule has 0 bridgehead atoms. The molecule has 0 amide bonds. The van der Waals surface area contributed by atoms with Gasteiger partial charge in [0.05, 0.1) is 6.61 Å². The minimum absolute atomic E-state index is 0.222. The Kier molecular flexibility index (Phi) is 11.4. The number of rotatable bonds is 13. The van der Waals surface area contributed by atoms with E-state index in [2.05, 4.69) is 4.52 Å². The maximum Gasteiger partial charge on any atom is 0.469 e. The Hall–Kier alpha value is -0.790. The van der Waals surface area contributed by atoms with Crippen LogP contribution in [0.3, 0.4) is 0 Å². The second-order valence-corrected chi connectivity index (χ2v) is 5.84. The van der Waals surface area contributed by atoms with E-state index in [-0.39, 0.29) is 13.0 Å². The molecule has 1 atom stereocenters. The van der Waals surface area contributed by atoms with Crippen LogP contribution in [-0.4, -0.2) is 46.5 Å². The Balaban J connectivity index is 3.49. The highest BCUT2D eigenvalue weighted by molar-refractivity contribution is 7.46. The first-order valence-corrected chi connectivity index (χ1v) is 8.35. The fourth-order valence-electron chi connectivity index (χ4n) is 1.52. The van der Waals surface area contributed by atoms with Crippen LogP contribution in [-0.2, 0) is 23.4 Å². The molecule has 0 radical (unpaired) electrons. The molecule has 0 spiro atoms. The van der Waals surface area contributed by atoms with Crippen molar-refractivity contribution in [3.63, 3.8) is 0 Å². The van der Waals surface area contributed by atoms with E-state index >= 15 is 0 Å². The third-order valence-electron chi connectivity index (χ3n) is 2.57. The maximum absolute atomic E-state index is 11.3. The molecule has 0 aromatic heterocycles. The van der Waals surface area contributed by atoms with Crippen LogP contribution in [0, 0.1) is 0 Å².